The highest BCUT2D eigenvalue weighted by Crippen LogP contribution is 2.34. The Kier molecular flexibility index (Phi) is 6.52. The summed E-state index contributed by atoms with van der Waals surface area (Å²) in [6.07, 6.45) is -2.02. The smallest absolute Gasteiger partial charge is 0.475 e. The van der Waals surface area contributed by atoms with Crippen LogP contribution < -0.4 is 0 Å². The predicted octanol–water partition coefficient (Wildman–Crippen LogP) is 2.43. The second-order valence-electron chi connectivity index (χ2n) is 7.59. The first-order valence-corrected chi connectivity index (χ1v) is 9.64. The molecule has 0 saturated carbocycles. The van der Waals surface area contributed by atoms with E-state index in [1.54, 1.807) is 0 Å². The zero-order chi connectivity index (χ0) is 21.2. The highest BCUT2D eigenvalue weighted by Gasteiger charge is 2.46. The largest absolute Gasteiger partial charge is 0.490 e. The van der Waals surface area contributed by atoms with Gasteiger partial charge in [0.2, 0.25) is 5.91 Å². The fraction of sp³-hybridized carbons (Fsp3) is 0.684. The molecule has 29 heavy (non-hydrogen) atoms. The Labute approximate surface area is 166 Å². The number of ether oxygens (including phenoxy) is 1. The summed E-state index contributed by atoms with van der Waals surface area (Å²) in [7, 11) is 0. The minimum absolute atomic E-state index is 0.0977. The molecule has 3 aliphatic heterocycles. The molecule has 1 aromatic heterocycles. The third-order valence-corrected chi connectivity index (χ3v) is 5.65. The standard InChI is InChI=1S/C17H24N2O3.C2HF3O2/c1-12-2-3-14(22-12)10-18-7-4-16-15(18)5-8-19(16)17(20)13-6-9-21-11-13;3-2(4,5)1(6)7/h2-3,13,15-16H,4-11H2,1H3;(H,6,7)/t13?,15-,16+;/m0./s1. The Bertz CT molecular complexity index is 730. The fourth-order valence-corrected chi connectivity index (χ4v) is 4.28. The third-order valence-electron chi connectivity index (χ3n) is 5.65. The summed E-state index contributed by atoms with van der Waals surface area (Å²) in [6, 6.07) is 4.98. The van der Waals surface area contributed by atoms with Crippen LogP contribution in [0.3, 0.4) is 0 Å². The van der Waals surface area contributed by atoms with Crippen molar-refractivity contribution in [3.05, 3.63) is 23.7 Å². The number of carboxylic acid groups (broad SMARTS) is 1. The molecule has 0 aromatic carbocycles. The Morgan fingerprint density at radius 3 is 2.41 bits per heavy atom. The maximum absolute atomic E-state index is 12.7. The van der Waals surface area contributed by atoms with E-state index >= 15 is 0 Å². The number of carboxylic acids is 1. The second kappa shape index (κ2) is 8.74. The van der Waals surface area contributed by atoms with Crippen molar-refractivity contribution in [3.63, 3.8) is 0 Å². The van der Waals surface area contributed by atoms with Gasteiger partial charge in [-0.25, -0.2) is 4.79 Å². The molecule has 3 aliphatic rings. The molecule has 1 unspecified atom stereocenters. The van der Waals surface area contributed by atoms with E-state index < -0.39 is 12.1 Å². The van der Waals surface area contributed by atoms with Crippen LogP contribution in [0.4, 0.5) is 13.2 Å². The monoisotopic (exact) mass is 418 g/mol. The van der Waals surface area contributed by atoms with Crippen LogP contribution in [0.25, 0.3) is 0 Å². The minimum Gasteiger partial charge on any atom is -0.475 e. The summed E-state index contributed by atoms with van der Waals surface area (Å²) in [5, 5.41) is 7.12. The molecule has 0 bridgehead atoms. The van der Waals surface area contributed by atoms with Crippen molar-refractivity contribution in [2.24, 2.45) is 5.92 Å². The summed E-state index contributed by atoms with van der Waals surface area (Å²) in [4.78, 5) is 26.2. The number of carbonyl (C=O) groups is 2. The first kappa shape index (κ1) is 21.6. The number of likely N-dealkylation sites (tertiary alicyclic amines) is 2. The van der Waals surface area contributed by atoms with Gasteiger partial charge in [0.15, 0.2) is 0 Å². The summed E-state index contributed by atoms with van der Waals surface area (Å²) in [5.74, 6) is -0.337. The van der Waals surface area contributed by atoms with Crippen molar-refractivity contribution in [3.8, 4) is 0 Å². The lowest BCUT2D eigenvalue weighted by Crippen LogP contribution is -2.42. The molecule has 7 nitrogen and oxygen atoms in total. The van der Waals surface area contributed by atoms with Gasteiger partial charge < -0.3 is 19.2 Å². The molecule has 162 valence electrons. The van der Waals surface area contributed by atoms with Gasteiger partial charge >= 0.3 is 12.1 Å². The number of furan rings is 1. The number of aryl methyl sites for hydroxylation is 1. The van der Waals surface area contributed by atoms with E-state index in [-0.39, 0.29) is 5.92 Å². The first-order chi connectivity index (χ1) is 13.7. The van der Waals surface area contributed by atoms with Gasteiger partial charge in [0.25, 0.3) is 0 Å². The minimum atomic E-state index is -5.08. The molecule has 3 saturated heterocycles. The molecule has 10 heteroatoms. The zero-order valence-corrected chi connectivity index (χ0v) is 16.2. The quantitative estimate of drug-likeness (QED) is 0.812. The summed E-state index contributed by atoms with van der Waals surface area (Å²) < 4.78 is 42.8. The highest BCUT2D eigenvalue weighted by molar-refractivity contribution is 5.80. The highest BCUT2D eigenvalue weighted by atomic mass is 19.4. The summed E-state index contributed by atoms with van der Waals surface area (Å²) in [5.41, 5.74) is 0. The molecule has 1 aromatic rings. The molecule has 3 fully saturated rings. The van der Waals surface area contributed by atoms with Gasteiger partial charge in [-0.1, -0.05) is 0 Å². The first-order valence-electron chi connectivity index (χ1n) is 9.64. The van der Waals surface area contributed by atoms with Gasteiger partial charge in [-0.15, -0.1) is 0 Å². The lowest BCUT2D eigenvalue weighted by Gasteiger charge is -2.27. The predicted molar refractivity (Wildman–Crippen MR) is 95.0 cm³/mol. The SMILES string of the molecule is Cc1ccc(CN2CC[C@@H]3[C@@H]2CCN3C(=O)C2CCOC2)o1.O=C(O)C(F)(F)F. The van der Waals surface area contributed by atoms with Crippen LogP contribution in [0.15, 0.2) is 16.5 Å². The number of carbonyl (C=O) groups excluding carboxylic acids is 1. The Morgan fingerprint density at radius 2 is 1.86 bits per heavy atom. The number of aliphatic carboxylic acids is 1. The Morgan fingerprint density at radius 1 is 1.17 bits per heavy atom. The van der Waals surface area contributed by atoms with Gasteiger partial charge in [0.05, 0.1) is 19.1 Å². The van der Waals surface area contributed by atoms with Crippen LogP contribution in [-0.2, 0) is 20.9 Å². The van der Waals surface area contributed by atoms with Crippen molar-refractivity contribution >= 4 is 11.9 Å². The van der Waals surface area contributed by atoms with Crippen molar-refractivity contribution in [1.29, 1.82) is 0 Å². The van der Waals surface area contributed by atoms with E-state index in [1.807, 2.05) is 13.0 Å². The van der Waals surface area contributed by atoms with E-state index in [9.17, 15) is 18.0 Å². The maximum Gasteiger partial charge on any atom is 0.490 e. The van der Waals surface area contributed by atoms with Crippen molar-refractivity contribution in [2.45, 2.75) is 51.0 Å². The summed E-state index contributed by atoms with van der Waals surface area (Å²) in [6.45, 7) is 6.16. The third kappa shape index (κ3) is 5.11. The molecule has 1 amide bonds. The van der Waals surface area contributed by atoms with Crippen molar-refractivity contribution in [1.82, 2.24) is 9.80 Å². The van der Waals surface area contributed by atoms with Gasteiger partial charge in [-0.2, -0.15) is 13.2 Å². The number of alkyl halides is 3. The Hall–Kier alpha value is -2.07. The van der Waals surface area contributed by atoms with E-state index in [4.69, 9.17) is 19.1 Å². The number of hydrogen-bond acceptors (Lipinski definition) is 5. The fourth-order valence-electron chi connectivity index (χ4n) is 4.28. The van der Waals surface area contributed by atoms with Gasteiger partial charge in [0, 0.05) is 31.8 Å². The number of hydrogen-bond donors (Lipinski definition) is 1. The number of amides is 1. The van der Waals surface area contributed by atoms with Crippen LogP contribution in [0.1, 0.15) is 30.8 Å². The van der Waals surface area contributed by atoms with Crippen molar-refractivity contribution < 1.29 is 37.0 Å². The van der Waals surface area contributed by atoms with Crippen LogP contribution in [0, 0.1) is 12.8 Å². The second-order valence-corrected chi connectivity index (χ2v) is 7.59. The molecule has 0 aliphatic carbocycles. The normalized spacial score (nSPS) is 26.9. The molecule has 4 rings (SSSR count). The van der Waals surface area contributed by atoms with E-state index in [0.29, 0.717) is 24.6 Å². The molecule has 0 radical (unpaired) electrons. The topological polar surface area (TPSA) is 83.2 Å². The van der Waals surface area contributed by atoms with Gasteiger partial charge in [0.1, 0.15) is 11.5 Å². The van der Waals surface area contributed by atoms with E-state index in [0.717, 1.165) is 57.0 Å². The number of rotatable bonds is 3. The lowest BCUT2D eigenvalue weighted by molar-refractivity contribution is -0.192. The average molecular weight is 418 g/mol. The number of nitrogens with zero attached hydrogens (tertiary/aromatic N) is 2. The molecule has 0 spiro atoms. The zero-order valence-electron chi connectivity index (χ0n) is 16.2. The molecule has 4 heterocycles. The van der Waals surface area contributed by atoms with Crippen LogP contribution in [0.2, 0.25) is 0 Å². The van der Waals surface area contributed by atoms with E-state index in [2.05, 4.69) is 15.9 Å². The molecule has 1 N–H and O–H groups in total. The maximum atomic E-state index is 12.7. The summed E-state index contributed by atoms with van der Waals surface area (Å²) >= 11 is 0. The van der Waals surface area contributed by atoms with Crippen LogP contribution in [0.5, 0.6) is 0 Å². The van der Waals surface area contributed by atoms with E-state index in [1.165, 1.54) is 0 Å². The number of fused-ring (bicyclic) bond motifs is 1. The van der Waals surface area contributed by atoms with Gasteiger partial charge in [-0.3, -0.25) is 9.69 Å². The van der Waals surface area contributed by atoms with Crippen LogP contribution in [-0.4, -0.2) is 71.3 Å². The molecule has 3 atom stereocenters. The van der Waals surface area contributed by atoms with Crippen LogP contribution >= 0.6 is 0 Å². The lowest BCUT2D eigenvalue weighted by atomic mass is 10.1. The van der Waals surface area contributed by atoms with Crippen molar-refractivity contribution in [2.75, 3.05) is 26.3 Å². The van der Waals surface area contributed by atoms with Gasteiger partial charge in [-0.05, 0) is 38.3 Å². The average Bonchev–Trinajstić information content (AvgIpc) is 3.40. The molecular formula is C19H25F3N2O5. The number of halogens is 3. The Balaban J connectivity index is 0.000000298. The molecular weight excluding hydrogens is 393 g/mol.